The van der Waals surface area contributed by atoms with Gasteiger partial charge >= 0.3 is 0 Å². The standard InChI is InChI=1S/C5H8N/c1-2-4-6-5-3-1/h2,6H,1,3,5H2. The first-order valence-corrected chi connectivity index (χ1v) is 2.30. The topological polar surface area (TPSA) is 12.0 Å². The molecule has 0 aromatic carbocycles. The molecule has 0 saturated carbocycles. The smallest absolute Gasteiger partial charge is 0.0532 e. The maximum absolute atomic E-state index is 2.98. The van der Waals surface area contributed by atoms with Crippen molar-refractivity contribution in [3.63, 3.8) is 0 Å². The molecule has 0 saturated heterocycles. The third kappa shape index (κ3) is 0.744. The van der Waals surface area contributed by atoms with Crippen molar-refractivity contribution in [2.75, 3.05) is 6.54 Å². The van der Waals surface area contributed by atoms with Gasteiger partial charge in [-0.05, 0) is 12.8 Å². The van der Waals surface area contributed by atoms with E-state index in [1.807, 2.05) is 6.08 Å². The van der Waals surface area contributed by atoms with E-state index in [1.54, 1.807) is 0 Å². The molecule has 1 aliphatic heterocycles. The molecule has 0 unspecified atom stereocenters. The zero-order chi connectivity index (χ0) is 4.24. The molecular weight excluding hydrogens is 74.1 g/mol. The fourth-order valence-corrected chi connectivity index (χ4v) is 0.509. The molecule has 0 aromatic heterocycles. The van der Waals surface area contributed by atoms with Gasteiger partial charge in [-0.25, -0.2) is 0 Å². The lowest BCUT2D eigenvalue weighted by molar-refractivity contribution is 0.711. The summed E-state index contributed by atoms with van der Waals surface area (Å²) >= 11 is 0. The first-order chi connectivity index (χ1) is 3.00. The van der Waals surface area contributed by atoms with Crippen LogP contribution in [0.25, 0.3) is 0 Å². The minimum absolute atomic E-state index is 1.11. The van der Waals surface area contributed by atoms with Crippen molar-refractivity contribution in [1.29, 1.82) is 0 Å². The Kier molecular flexibility index (Phi) is 1.15. The van der Waals surface area contributed by atoms with Gasteiger partial charge in [-0.1, -0.05) is 6.08 Å². The van der Waals surface area contributed by atoms with Crippen molar-refractivity contribution in [3.8, 4) is 0 Å². The highest BCUT2D eigenvalue weighted by Crippen LogP contribution is 1.91. The summed E-state index contributed by atoms with van der Waals surface area (Å²) in [5, 5.41) is 2.98. The van der Waals surface area contributed by atoms with Gasteiger partial charge in [0.1, 0.15) is 0 Å². The predicted octanol–water partition coefficient (Wildman–Crippen LogP) is 0.687. The second kappa shape index (κ2) is 1.85. The highest BCUT2D eigenvalue weighted by atomic mass is 14.8. The van der Waals surface area contributed by atoms with Crippen LogP contribution in [0.4, 0.5) is 0 Å². The van der Waals surface area contributed by atoms with Gasteiger partial charge in [0, 0.05) is 6.54 Å². The van der Waals surface area contributed by atoms with Gasteiger partial charge in [0.15, 0.2) is 0 Å². The van der Waals surface area contributed by atoms with Gasteiger partial charge in [0.2, 0.25) is 0 Å². The van der Waals surface area contributed by atoms with Crippen LogP contribution in [0, 0.1) is 6.20 Å². The quantitative estimate of drug-likeness (QED) is 0.453. The molecule has 1 heterocycles. The lowest BCUT2D eigenvalue weighted by atomic mass is 10.2. The van der Waals surface area contributed by atoms with Crippen LogP contribution in [-0.2, 0) is 0 Å². The third-order valence-corrected chi connectivity index (χ3v) is 0.854. The van der Waals surface area contributed by atoms with Crippen molar-refractivity contribution in [3.05, 3.63) is 12.3 Å². The zero-order valence-corrected chi connectivity index (χ0v) is 3.70. The van der Waals surface area contributed by atoms with Crippen LogP contribution in [0.3, 0.4) is 0 Å². The Bertz CT molecular complexity index is 49.0. The molecule has 33 valence electrons. The van der Waals surface area contributed by atoms with Crippen molar-refractivity contribution in [2.24, 2.45) is 0 Å². The summed E-state index contributed by atoms with van der Waals surface area (Å²) in [5.41, 5.74) is 0. The number of hydrogen-bond acceptors (Lipinski definition) is 1. The van der Waals surface area contributed by atoms with Crippen LogP contribution < -0.4 is 5.32 Å². The maximum Gasteiger partial charge on any atom is 0.0532 e. The molecular formula is C5H8N. The van der Waals surface area contributed by atoms with E-state index in [4.69, 9.17) is 0 Å². The normalized spacial score (nSPS) is 20.0. The SMILES string of the molecule is [C]1=CCCCN1. The van der Waals surface area contributed by atoms with Crippen molar-refractivity contribution < 1.29 is 0 Å². The molecule has 0 spiro atoms. The van der Waals surface area contributed by atoms with E-state index in [9.17, 15) is 0 Å². The number of allylic oxidation sites excluding steroid dienone is 1. The van der Waals surface area contributed by atoms with Crippen LogP contribution in [0.1, 0.15) is 12.8 Å². The van der Waals surface area contributed by atoms with Crippen molar-refractivity contribution in [1.82, 2.24) is 5.32 Å². The monoisotopic (exact) mass is 82.1 g/mol. The Balaban J connectivity index is 2.26. The summed E-state index contributed by atoms with van der Waals surface area (Å²) in [5.74, 6) is 0. The Labute approximate surface area is 38.1 Å². The molecule has 6 heavy (non-hydrogen) atoms. The van der Waals surface area contributed by atoms with E-state index in [0.29, 0.717) is 0 Å². The zero-order valence-electron chi connectivity index (χ0n) is 3.70. The van der Waals surface area contributed by atoms with E-state index in [-0.39, 0.29) is 0 Å². The van der Waals surface area contributed by atoms with Gasteiger partial charge in [-0.2, -0.15) is 0 Å². The summed E-state index contributed by atoms with van der Waals surface area (Å²) in [4.78, 5) is 0. The van der Waals surface area contributed by atoms with Crippen molar-refractivity contribution in [2.45, 2.75) is 12.8 Å². The molecule has 1 aliphatic rings. The first-order valence-electron chi connectivity index (χ1n) is 2.30. The van der Waals surface area contributed by atoms with Gasteiger partial charge in [0.05, 0.1) is 6.20 Å². The van der Waals surface area contributed by atoms with Gasteiger partial charge in [0.25, 0.3) is 0 Å². The number of nitrogens with one attached hydrogen (secondary N) is 1. The van der Waals surface area contributed by atoms with Gasteiger partial charge < -0.3 is 5.32 Å². The molecule has 0 aromatic rings. The molecule has 0 fully saturated rings. The maximum atomic E-state index is 2.98. The Hall–Kier alpha value is -0.460. The molecule has 0 atom stereocenters. The fourth-order valence-electron chi connectivity index (χ4n) is 0.509. The minimum Gasteiger partial charge on any atom is -0.384 e. The summed E-state index contributed by atoms with van der Waals surface area (Å²) in [6.07, 6.45) is 7.41. The second-order valence-corrected chi connectivity index (χ2v) is 1.42. The summed E-state index contributed by atoms with van der Waals surface area (Å²) in [6.45, 7) is 1.11. The highest BCUT2D eigenvalue weighted by molar-refractivity contribution is 4.76. The Morgan fingerprint density at radius 2 is 2.67 bits per heavy atom. The van der Waals surface area contributed by atoms with Crippen LogP contribution in [-0.4, -0.2) is 6.54 Å². The molecule has 1 nitrogen and oxygen atoms in total. The van der Waals surface area contributed by atoms with Crippen LogP contribution in [0.2, 0.25) is 0 Å². The van der Waals surface area contributed by atoms with E-state index in [0.717, 1.165) is 6.54 Å². The Morgan fingerprint density at radius 1 is 1.67 bits per heavy atom. The molecule has 0 bridgehead atoms. The number of rotatable bonds is 0. The summed E-state index contributed by atoms with van der Waals surface area (Å²) < 4.78 is 0. The summed E-state index contributed by atoms with van der Waals surface area (Å²) in [6, 6.07) is 0. The van der Waals surface area contributed by atoms with Gasteiger partial charge in [-0.3, -0.25) is 0 Å². The second-order valence-electron chi connectivity index (χ2n) is 1.42. The van der Waals surface area contributed by atoms with Crippen molar-refractivity contribution >= 4 is 0 Å². The average molecular weight is 82.1 g/mol. The van der Waals surface area contributed by atoms with Crippen LogP contribution in [0.5, 0.6) is 0 Å². The lowest BCUT2D eigenvalue weighted by Crippen LogP contribution is -2.10. The molecule has 0 amide bonds. The molecule has 1 radical (unpaired) electrons. The van der Waals surface area contributed by atoms with E-state index < -0.39 is 0 Å². The molecule has 1 N–H and O–H groups in total. The largest absolute Gasteiger partial charge is 0.384 e. The average Bonchev–Trinajstić information content (AvgIpc) is 1.72. The van der Waals surface area contributed by atoms with E-state index in [2.05, 4.69) is 11.5 Å². The Morgan fingerprint density at radius 3 is 2.83 bits per heavy atom. The van der Waals surface area contributed by atoms with E-state index >= 15 is 0 Å². The minimum atomic E-state index is 1.11. The molecule has 1 rings (SSSR count). The highest BCUT2D eigenvalue weighted by Gasteiger charge is 1.85. The predicted molar refractivity (Wildman–Crippen MR) is 25.0 cm³/mol. The first kappa shape index (κ1) is 3.72. The number of hydrogen-bond donors (Lipinski definition) is 1. The van der Waals surface area contributed by atoms with Crippen LogP contribution >= 0.6 is 0 Å². The molecule has 0 aliphatic carbocycles. The van der Waals surface area contributed by atoms with Gasteiger partial charge in [-0.15, -0.1) is 0 Å². The lowest BCUT2D eigenvalue weighted by Gasteiger charge is -2.00. The fraction of sp³-hybridized carbons (Fsp3) is 0.600. The van der Waals surface area contributed by atoms with E-state index in [1.165, 1.54) is 12.8 Å². The van der Waals surface area contributed by atoms with Crippen LogP contribution in [0.15, 0.2) is 6.08 Å². The summed E-state index contributed by atoms with van der Waals surface area (Å²) in [7, 11) is 0. The third-order valence-electron chi connectivity index (χ3n) is 0.854. The molecule has 1 heteroatoms.